The largest absolute Gasteiger partial charge is 0.481 e. The highest BCUT2D eigenvalue weighted by Gasteiger charge is 2.08. The average Bonchev–Trinajstić information content (AvgIpc) is 2.50. The summed E-state index contributed by atoms with van der Waals surface area (Å²) < 4.78 is 10.2. The lowest BCUT2D eigenvalue weighted by Crippen LogP contribution is -2.18. The molecule has 0 radical (unpaired) electrons. The van der Waals surface area contributed by atoms with Crippen molar-refractivity contribution in [2.75, 3.05) is 20.8 Å². The molecule has 112 valence electrons. The van der Waals surface area contributed by atoms with Crippen LogP contribution in [-0.2, 0) is 6.54 Å². The van der Waals surface area contributed by atoms with Gasteiger partial charge in [-0.15, -0.1) is 6.58 Å². The number of rotatable bonds is 10. The van der Waals surface area contributed by atoms with Crippen molar-refractivity contribution in [3.05, 3.63) is 24.4 Å². The number of allylic oxidation sites excluding steroid dienone is 1. The molecule has 0 fully saturated rings. The molecule has 1 atom stereocenters. The fraction of sp³-hybridized carbons (Fsp3) is 0.600. The highest BCUT2D eigenvalue weighted by molar-refractivity contribution is 5.24. The Morgan fingerprint density at radius 3 is 2.80 bits per heavy atom. The summed E-state index contributed by atoms with van der Waals surface area (Å²) in [6.07, 6.45) is 7.13. The minimum Gasteiger partial charge on any atom is -0.481 e. The molecule has 0 aromatic carbocycles. The van der Waals surface area contributed by atoms with Crippen molar-refractivity contribution in [3.63, 3.8) is 0 Å². The van der Waals surface area contributed by atoms with E-state index in [0.29, 0.717) is 24.4 Å². The average molecular weight is 279 g/mol. The molecule has 0 bridgehead atoms. The standard InChI is InChI=1S/C15H25N3O2/c1-5-7-12(6-2)8-9-16-10-13-11-17-15(20-4)18-14(13)19-3/h5,11-12,16H,1,6-10H2,2-4H3. The summed E-state index contributed by atoms with van der Waals surface area (Å²) in [6.45, 7) is 7.67. The van der Waals surface area contributed by atoms with E-state index in [2.05, 4.69) is 28.8 Å². The smallest absolute Gasteiger partial charge is 0.319 e. The van der Waals surface area contributed by atoms with Gasteiger partial charge in [0.2, 0.25) is 5.88 Å². The van der Waals surface area contributed by atoms with Crippen LogP contribution < -0.4 is 14.8 Å². The molecule has 1 aromatic rings. The maximum atomic E-state index is 5.24. The molecule has 0 amide bonds. The van der Waals surface area contributed by atoms with Crippen molar-refractivity contribution in [3.8, 4) is 11.9 Å². The molecule has 1 N–H and O–H groups in total. The number of ether oxygens (including phenoxy) is 2. The van der Waals surface area contributed by atoms with Gasteiger partial charge >= 0.3 is 6.01 Å². The molecule has 5 nitrogen and oxygen atoms in total. The Morgan fingerprint density at radius 1 is 1.40 bits per heavy atom. The van der Waals surface area contributed by atoms with Crippen LogP contribution in [-0.4, -0.2) is 30.7 Å². The van der Waals surface area contributed by atoms with Gasteiger partial charge in [0.1, 0.15) is 0 Å². The van der Waals surface area contributed by atoms with E-state index in [4.69, 9.17) is 9.47 Å². The van der Waals surface area contributed by atoms with E-state index in [1.165, 1.54) is 13.5 Å². The Balaban J connectivity index is 2.43. The Hall–Kier alpha value is -1.62. The molecule has 1 unspecified atom stereocenters. The van der Waals surface area contributed by atoms with Gasteiger partial charge in [0.05, 0.1) is 14.2 Å². The molecule has 0 spiro atoms. The van der Waals surface area contributed by atoms with E-state index in [1.54, 1.807) is 13.3 Å². The summed E-state index contributed by atoms with van der Waals surface area (Å²) in [6, 6.07) is 0.322. The van der Waals surface area contributed by atoms with Crippen LogP contribution in [0.4, 0.5) is 0 Å². The van der Waals surface area contributed by atoms with Crippen molar-refractivity contribution in [1.82, 2.24) is 15.3 Å². The first-order valence-corrected chi connectivity index (χ1v) is 7.00. The van der Waals surface area contributed by atoms with Gasteiger partial charge in [-0.2, -0.15) is 4.98 Å². The van der Waals surface area contributed by atoms with Crippen LogP contribution >= 0.6 is 0 Å². The first kappa shape index (κ1) is 16.4. The molecule has 0 saturated carbocycles. The van der Waals surface area contributed by atoms with Gasteiger partial charge in [0.15, 0.2) is 0 Å². The predicted molar refractivity (Wildman–Crippen MR) is 80.1 cm³/mol. The molecule has 0 saturated heterocycles. The predicted octanol–water partition coefficient (Wildman–Crippen LogP) is 2.58. The summed E-state index contributed by atoms with van der Waals surface area (Å²) in [4.78, 5) is 8.26. The Morgan fingerprint density at radius 2 is 2.20 bits per heavy atom. The minimum atomic E-state index is 0.322. The fourth-order valence-corrected chi connectivity index (χ4v) is 2.03. The molecule has 0 aliphatic rings. The number of methoxy groups -OCH3 is 2. The zero-order valence-electron chi connectivity index (χ0n) is 12.7. The summed E-state index contributed by atoms with van der Waals surface area (Å²) in [5.41, 5.74) is 0.935. The second-order valence-electron chi connectivity index (χ2n) is 4.66. The molecule has 20 heavy (non-hydrogen) atoms. The van der Waals surface area contributed by atoms with E-state index in [-0.39, 0.29) is 0 Å². The molecule has 0 aliphatic carbocycles. The van der Waals surface area contributed by atoms with Gasteiger partial charge in [-0.05, 0) is 25.3 Å². The Kier molecular flexibility index (Phi) is 7.65. The first-order chi connectivity index (χ1) is 9.74. The third-order valence-corrected chi connectivity index (χ3v) is 3.30. The van der Waals surface area contributed by atoms with Crippen molar-refractivity contribution < 1.29 is 9.47 Å². The second kappa shape index (κ2) is 9.31. The van der Waals surface area contributed by atoms with E-state index in [9.17, 15) is 0 Å². The quantitative estimate of drug-likeness (QED) is 0.527. The van der Waals surface area contributed by atoms with E-state index in [0.717, 1.165) is 24.9 Å². The molecule has 1 rings (SSSR count). The number of aromatic nitrogens is 2. The molecule has 1 aromatic heterocycles. The van der Waals surface area contributed by atoms with Crippen LogP contribution in [0.2, 0.25) is 0 Å². The van der Waals surface area contributed by atoms with Gasteiger partial charge in [-0.1, -0.05) is 19.4 Å². The van der Waals surface area contributed by atoms with Gasteiger partial charge in [0.25, 0.3) is 0 Å². The molecular weight excluding hydrogens is 254 g/mol. The molecular formula is C15H25N3O2. The lowest BCUT2D eigenvalue weighted by Gasteiger charge is -2.13. The zero-order chi connectivity index (χ0) is 14.8. The van der Waals surface area contributed by atoms with E-state index < -0.39 is 0 Å². The maximum Gasteiger partial charge on any atom is 0.319 e. The van der Waals surface area contributed by atoms with Crippen molar-refractivity contribution in [1.29, 1.82) is 0 Å². The van der Waals surface area contributed by atoms with E-state index >= 15 is 0 Å². The maximum absolute atomic E-state index is 5.24. The molecule has 0 aliphatic heterocycles. The lowest BCUT2D eigenvalue weighted by atomic mass is 9.99. The third-order valence-electron chi connectivity index (χ3n) is 3.30. The second-order valence-corrected chi connectivity index (χ2v) is 4.66. The summed E-state index contributed by atoms with van der Waals surface area (Å²) in [5, 5.41) is 3.40. The van der Waals surface area contributed by atoms with Crippen molar-refractivity contribution in [2.24, 2.45) is 5.92 Å². The zero-order valence-corrected chi connectivity index (χ0v) is 12.7. The summed E-state index contributed by atoms with van der Waals surface area (Å²) in [5.74, 6) is 1.26. The third kappa shape index (κ3) is 5.17. The number of nitrogens with one attached hydrogen (secondary N) is 1. The molecule has 1 heterocycles. The Bertz CT molecular complexity index is 410. The number of hydrogen-bond donors (Lipinski definition) is 1. The normalized spacial score (nSPS) is 11.9. The SMILES string of the molecule is C=CCC(CC)CCNCc1cnc(OC)nc1OC. The first-order valence-electron chi connectivity index (χ1n) is 7.00. The van der Waals surface area contributed by atoms with Crippen LogP contribution in [0.3, 0.4) is 0 Å². The van der Waals surface area contributed by atoms with Crippen LogP contribution in [0.25, 0.3) is 0 Å². The van der Waals surface area contributed by atoms with Gasteiger partial charge in [-0.25, -0.2) is 4.98 Å². The van der Waals surface area contributed by atoms with Gasteiger partial charge in [-0.3, -0.25) is 0 Å². The highest BCUT2D eigenvalue weighted by atomic mass is 16.5. The minimum absolute atomic E-state index is 0.322. The number of nitrogens with zero attached hydrogens (tertiary/aromatic N) is 2. The highest BCUT2D eigenvalue weighted by Crippen LogP contribution is 2.17. The van der Waals surface area contributed by atoms with Crippen molar-refractivity contribution >= 4 is 0 Å². The van der Waals surface area contributed by atoms with E-state index in [1.807, 2.05) is 6.08 Å². The topological polar surface area (TPSA) is 56.3 Å². The fourth-order valence-electron chi connectivity index (χ4n) is 2.03. The Labute approximate surface area is 121 Å². The number of hydrogen-bond acceptors (Lipinski definition) is 5. The lowest BCUT2D eigenvalue weighted by molar-refractivity contribution is 0.347. The molecule has 5 heteroatoms. The van der Waals surface area contributed by atoms with Gasteiger partial charge < -0.3 is 14.8 Å². The van der Waals surface area contributed by atoms with Crippen LogP contribution in [0.5, 0.6) is 11.9 Å². The summed E-state index contributed by atoms with van der Waals surface area (Å²) >= 11 is 0. The monoisotopic (exact) mass is 279 g/mol. The van der Waals surface area contributed by atoms with Crippen LogP contribution in [0, 0.1) is 5.92 Å². The van der Waals surface area contributed by atoms with Crippen LogP contribution in [0.15, 0.2) is 18.9 Å². The van der Waals surface area contributed by atoms with Gasteiger partial charge in [0, 0.05) is 18.3 Å². The van der Waals surface area contributed by atoms with Crippen LogP contribution in [0.1, 0.15) is 31.7 Å². The van der Waals surface area contributed by atoms with Crippen molar-refractivity contribution in [2.45, 2.75) is 32.7 Å². The summed E-state index contributed by atoms with van der Waals surface area (Å²) in [7, 11) is 3.14.